The van der Waals surface area contributed by atoms with Gasteiger partial charge in [-0.1, -0.05) is 42.1 Å². The van der Waals surface area contributed by atoms with E-state index in [1.54, 1.807) is 36.9 Å². The van der Waals surface area contributed by atoms with Crippen molar-refractivity contribution in [2.45, 2.75) is 41.4 Å². The fourth-order valence-corrected chi connectivity index (χ4v) is 5.47. The molecule has 40 heavy (non-hydrogen) atoms. The number of benzene rings is 3. The van der Waals surface area contributed by atoms with E-state index in [1.807, 2.05) is 48.5 Å². The Kier molecular flexibility index (Phi) is 8.54. The number of para-hydroxylation sites is 2. The summed E-state index contributed by atoms with van der Waals surface area (Å²) in [5, 5.41) is 21.3. The topological polar surface area (TPSA) is 138 Å². The summed E-state index contributed by atoms with van der Waals surface area (Å²) in [7, 11) is 0. The van der Waals surface area contributed by atoms with E-state index in [1.165, 1.54) is 0 Å². The lowest BCUT2D eigenvalue weighted by Crippen LogP contribution is -2.46. The molecule has 10 nitrogen and oxygen atoms in total. The van der Waals surface area contributed by atoms with Crippen LogP contribution in [0.3, 0.4) is 0 Å². The van der Waals surface area contributed by atoms with Gasteiger partial charge in [-0.2, -0.15) is 0 Å². The van der Waals surface area contributed by atoms with Gasteiger partial charge >= 0.3 is 0 Å². The van der Waals surface area contributed by atoms with E-state index in [-0.39, 0.29) is 19.1 Å². The van der Waals surface area contributed by atoms with Crippen molar-refractivity contribution in [2.75, 3.05) is 30.4 Å². The summed E-state index contributed by atoms with van der Waals surface area (Å²) in [6, 6.07) is 19.9. The highest BCUT2D eigenvalue weighted by molar-refractivity contribution is 7.99. The number of nitrogens with one attached hydrogen (secondary N) is 4. The number of carbonyl (C=O) groups is 3. The van der Waals surface area contributed by atoms with Crippen LogP contribution in [0.1, 0.15) is 24.8 Å². The number of rotatable bonds is 9. The van der Waals surface area contributed by atoms with Crippen LogP contribution in [0, 0.1) is 0 Å². The zero-order chi connectivity index (χ0) is 28.1. The Bertz CT molecular complexity index is 1420. The van der Waals surface area contributed by atoms with Gasteiger partial charge < -0.3 is 35.8 Å². The molecule has 5 rings (SSSR count). The maximum atomic E-state index is 12.7. The van der Waals surface area contributed by atoms with Gasteiger partial charge in [-0.3, -0.25) is 14.4 Å². The van der Waals surface area contributed by atoms with Crippen molar-refractivity contribution < 1.29 is 29.0 Å². The molecule has 3 aromatic carbocycles. The zero-order valence-electron chi connectivity index (χ0n) is 21.8. The summed E-state index contributed by atoms with van der Waals surface area (Å²) < 4.78 is 10.9. The molecule has 1 fully saturated rings. The van der Waals surface area contributed by atoms with Gasteiger partial charge in [0, 0.05) is 27.5 Å². The Labute approximate surface area is 235 Å². The Morgan fingerprint density at radius 3 is 2.65 bits per heavy atom. The summed E-state index contributed by atoms with van der Waals surface area (Å²) in [5.74, 6) is -1.13. The molecule has 0 aromatic heterocycles. The van der Waals surface area contributed by atoms with E-state index in [0.29, 0.717) is 24.5 Å². The predicted octanol–water partition coefficient (Wildman–Crippen LogP) is 3.36. The number of hydrogen-bond donors (Lipinski definition) is 5. The van der Waals surface area contributed by atoms with E-state index in [2.05, 4.69) is 21.3 Å². The van der Waals surface area contributed by atoms with Gasteiger partial charge in [0.25, 0.3) is 5.91 Å². The van der Waals surface area contributed by atoms with Gasteiger partial charge in [-0.05, 0) is 49.2 Å². The first-order valence-corrected chi connectivity index (χ1v) is 13.8. The molecule has 2 heterocycles. The number of hydrogen-bond acceptors (Lipinski definition) is 8. The molecule has 5 N–H and O–H groups in total. The average molecular weight is 563 g/mol. The summed E-state index contributed by atoms with van der Waals surface area (Å²) in [4.78, 5) is 39.6. The third kappa shape index (κ3) is 6.56. The van der Waals surface area contributed by atoms with Crippen LogP contribution in [0.2, 0.25) is 0 Å². The SMILES string of the molecule is CC(NC(=O)CNC(=O)COc1ccc2c(c1)Nc1ccccc1S2)C(=O)Nc1ccccc1[C@@H]1CCOC1O. The molecule has 11 heteroatoms. The minimum atomic E-state index is -0.928. The number of fused-ring (bicyclic) bond motifs is 2. The molecule has 0 aliphatic carbocycles. The standard InChI is InChI=1S/C29H30N4O6S/c1-17(28(36)33-21-7-3-2-6-19(21)20-12-13-38-29(20)37)31-26(34)15-30-27(35)16-39-18-10-11-25-23(14-18)32-22-8-4-5-9-24(22)40-25/h2-11,14,17,20,29,32,37H,12-13,15-16H2,1H3,(H,30,35)(H,31,34)(H,33,36)/t17?,20-,29?/m0/s1. The smallest absolute Gasteiger partial charge is 0.258 e. The van der Waals surface area contributed by atoms with Gasteiger partial charge in [0.2, 0.25) is 11.8 Å². The molecular weight excluding hydrogens is 532 g/mol. The van der Waals surface area contributed by atoms with Crippen molar-refractivity contribution in [1.82, 2.24) is 10.6 Å². The van der Waals surface area contributed by atoms with Crippen LogP contribution in [0.25, 0.3) is 0 Å². The Hall–Kier alpha value is -4.06. The normalized spacial score (nSPS) is 17.9. The summed E-state index contributed by atoms with van der Waals surface area (Å²) in [5.41, 5.74) is 3.22. The van der Waals surface area contributed by atoms with Crippen molar-refractivity contribution in [1.29, 1.82) is 0 Å². The first kappa shape index (κ1) is 27.5. The van der Waals surface area contributed by atoms with Crippen LogP contribution in [-0.4, -0.2) is 54.9 Å². The van der Waals surface area contributed by atoms with E-state index >= 15 is 0 Å². The van der Waals surface area contributed by atoms with Gasteiger partial charge in [-0.25, -0.2) is 0 Å². The highest BCUT2D eigenvalue weighted by Crippen LogP contribution is 2.45. The summed E-state index contributed by atoms with van der Waals surface area (Å²) in [6.07, 6.45) is -0.288. The van der Waals surface area contributed by atoms with Crippen molar-refractivity contribution >= 4 is 46.5 Å². The van der Waals surface area contributed by atoms with Gasteiger partial charge in [0.15, 0.2) is 12.9 Å². The number of carbonyl (C=O) groups excluding carboxylic acids is 3. The second-order valence-electron chi connectivity index (χ2n) is 9.47. The molecule has 0 saturated carbocycles. The molecule has 3 amide bonds. The molecule has 2 aliphatic heterocycles. The average Bonchev–Trinajstić information content (AvgIpc) is 3.39. The molecular formula is C29H30N4O6S. The Morgan fingerprint density at radius 1 is 1.05 bits per heavy atom. The van der Waals surface area contributed by atoms with Crippen LogP contribution in [0.4, 0.5) is 17.1 Å². The first-order chi connectivity index (χ1) is 19.4. The monoisotopic (exact) mass is 562 g/mol. The van der Waals surface area contributed by atoms with Gasteiger partial charge in [0.05, 0.1) is 24.5 Å². The van der Waals surface area contributed by atoms with Crippen molar-refractivity contribution in [3.63, 3.8) is 0 Å². The van der Waals surface area contributed by atoms with E-state index < -0.39 is 30.1 Å². The number of aliphatic hydroxyl groups is 1. The van der Waals surface area contributed by atoms with Crippen molar-refractivity contribution in [2.24, 2.45) is 0 Å². The lowest BCUT2D eigenvalue weighted by Gasteiger charge is -2.21. The van der Waals surface area contributed by atoms with Crippen molar-refractivity contribution in [3.05, 3.63) is 72.3 Å². The van der Waals surface area contributed by atoms with Crippen molar-refractivity contribution in [3.8, 4) is 5.75 Å². The number of amides is 3. The predicted molar refractivity (Wildman–Crippen MR) is 151 cm³/mol. The van der Waals surface area contributed by atoms with Gasteiger partial charge in [-0.15, -0.1) is 0 Å². The second-order valence-corrected chi connectivity index (χ2v) is 10.6. The Balaban J connectivity index is 1.06. The molecule has 3 aromatic rings. The summed E-state index contributed by atoms with van der Waals surface area (Å²) in [6.45, 7) is 1.42. The molecule has 0 radical (unpaired) electrons. The Morgan fingerprint density at radius 2 is 1.82 bits per heavy atom. The fourth-order valence-electron chi connectivity index (χ4n) is 4.50. The lowest BCUT2D eigenvalue weighted by molar-refractivity contribution is -0.128. The first-order valence-electron chi connectivity index (χ1n) is 12.9. The van der Waals surface area contributed by atoms with E-state index in [9.17, 15) is 19.5 Å². The highest BCUT2D eigenvalue weighted by Gasteiger charge is 2.30. The third-order valence-corrected chi connectivity index (χ3v) is 7.75. The third-order valence-electron chi connectivity index (χ3n) is 6.59. The quantitative estimate of drug-likeness (QED) is 0.209. The molecule has 3 atom stereocenters. The summed E-state index contributed by atoms with van der Waals surface area (Å²) >= 11 is 1.65. The van der Waals surface area contributed by atoms with E-state index in [0.717, 1.165) is 26.7 Å². The number of anilines is 3. The second kappa shape index (κ2) is 12.4. The highest BCUT2D eigenvalue weighted by atomic mass is 32.2. The maximum Gasteiger partial charge on any atom is 0.258 e. The van der Waals surface area contributed by atoms with Crippen LogP contribution in [0.15, 0.2) is 76.5 Å². The molecule has 1 saturated heterocycles. The fraction of sp³-hybridized carbons (Fsp3) is 0.276. The maximum absolute atomic E-state index is 12.7. The van der Waals surface area contributed by atoms with E-state index in [4.69, 9.17) is 9.47 Å². The zero-order valence-corrected chi connectivity index (χ0v) is 22.6. The lowest BCUT2D eigenvalue weighted by atomic mass is 9.95. The number of ether oxygens (including phenoxy) is 2. The molecule has 208 valence electrons. The van der Waals surface area contributed by atoms with Crippen LogP contribution < -0.4 is 26.0 Å². The molecule has 0 bridgehead atoms. The van der Waals surface area contributed by atoms with Crippen LogP contribution in [0.5, 0.6) is 5.75 Å². The van der Waals surface area contributed by atoms with Crippen LogP contribution >= 0.6 is 11.8 Å². The van der Waals surface area contributed by atoms with Crippen LogP contribution in [-0.2, 0) is 19.1 Å². The molecule has 2 unspecified atom stereocenters. The van der Waals surface area contributed by atoms with Gasteiger partial charge in [0.1, 0.15) is 11.8 Å². The molecule has 0 spiro atoms. The minimum Gasteiger partial charge on any atom is -0.484 e. The largest absolute Gasteiger partial charge is 0.484 e. The molecule has 2 aliphatic rings. The number of aliphatic hydroxyl groups excluding tert-OH is 1. The minimum absolute atomic E-state index is 0.244.